The van der Waals surface area contributed by atoms with Crippen LogP contribution in [0.25, 0.3) is 0 Å². The molecule has 1 amide bonds. The molecule has 23 heavy (non-hydrogen) atoms. The second-order valence-electron chi connectivity index (χ2n) is 6.49. The Morgan fingerprint density at radius 3 is 2.00 bits per heavy atom. The third-order valence-corrected chi connectivity index (χ3v) is 4.51. The molecule has 0 aromatic heterocycles. The number of rotatable bonds is 13. The van der Waals surface area contributed by atoms with Gasteiger partial charge >= 0.3 is 0 Å². The van der Waals surface area contributed by atoms with E-state index in [1.807, 2.05) is 30.3 Å². The van der Waals surface area contributed by atoms with Crippen molar-refractivity contribution in [2.24, 2.45) is 0 Å². The molecule has 0 aliphatic heterocycles. The summed E-state index contributed by atoms with van der Waals surface area (Å²) >= 11 is 0. The summed E-state index contributed by atoms with van der Waals surface area (Å²) in [7, 11) is 0. The van der Waals surface area contributed by atoms with Crippen molar-refractivity contribution >= 4 is 5.91 Å². The van der Waals surface area contributed by atoms with Gasteiger partial charge in [-0.1, -0.05) is 95.5 Å². The Labute approximate surface area is 143 Å². The Morgan fingerprint density at radius 2 is 1.43 bits per heavy atom. The second-order valence-corrected chi connectivity index (χ2v) is 6.49. The van der Waals surface area contributed by atoms with Gasteiger partial charge in [0.15, 0.2) is 0 Å². The summed E-state index contributed by atoms with van der Waals surface area (Å²) in [5, 5.41) is 3.11. The van der Waals surface area contributed by atoms with Crippen LogP contribution >= 0.6 is 0 Å². The zero-order chi connectivity index (χ0) is 16.8. The van der Waals surface area contributed by atoms with Gasteiger partial charge in [-0.05, 0) is 18.4 Å². The molecule has 130 valence electrons. The molecule has 0 saturated heterocycles. The standard InChI is InChI=1S/C21H35NO/c1-3-5-6-7-8-9-10-11-15-18-22-21(23)20(4-2)19-16-13-12-14-17-19/h12-14,16-17,20H,3-11,15,18H2,1-2H3,(H,22,23)/t20-/m0/s1. The minimum Gasteiger partial charge on any atom is -0.356 e. The molecule has 0 aliphatic rings. The van der Waals surface area contributed by atoms with Crippen LogP contribution in [0.3, 0.4) is 0 Å². The largest absolute Gasteiger partial charge is 0.356 e. The smallest absolute Gasteiger partial charge is 0.227 e. The molecule has 1 N–H and O–H groups in total. The zero-order valence-corrected chi connectivity index (χ0v) is 15.2. The first kappa shape index (κ1) is 19.7. The molecule has 0 radical (unpaired) electrons. The van der Waals surface area contributed by atoms with Crippen LogP contribution in [0.4, 0.5) is 0 Å². The number of unbranched alkanes of at least 4 members (excludes halogenated alkanes) is 8. The average molecular weight is 318 g/mol. The number of amides is 1. The highest BCUT2D eigenvalue weighted by atomic mass is 16.1. The Bertz CT molecular complexity index is 402. The molecule has 2 nitrogen and oxygen atoms in total. The number of carbonyl (C=O) groups excluding carboxylic acids is 1. The Morgan fingerprint density at radius 1 is 0.870 bits per heavy atom. The lowest BCUT2D eigenvalue weighted by Gasteiger charge is -2.15. The normalized spacial score (nSPS) is 12.1. The lowest BCUT2D eigenvalue weighted by atomic mass is 9.95. The van der Waals surface area contributed by atoms with Crippen molar-refractivity contribution in [3.63, 3.8) is 0 Å². The van der Waals surface area contributed by atoms with Crippen molar-refractivity contribution in [3.8, 4) is 0 Å². The number of nitrogens with one attached hydrogen (secondary N) is 1. The van der Waals surface area contributed by atoms with E-state index in [9.17, 15) is 4.79 Å². The lowest BCUT2D eigenvalue weighted by molar-refractivity contribution is -0.122. The Hall–Kier alpha value is -1.31. The van der Waals surface area contributed by atoms with Crippen molar-refractivity contribution in [1.82, 2.24) is 5.32 Å². The third kappa shape index (κ3) is 8.78. The topological polar surface area (TPSA) is 29.1 Å². The highest BCUT2D eigenvalue weighted by Gasteiger charge is 2.17. The molecule has 0 unspecified atom stereocenters. The van der Waals surface area contributed by atoms with E-state index in [0.29, 0.717) is 0 Å². The first-order chi connectivity index (χ1) is 11.3. The highest BCUT2D eigenvalue weighted by molar-refractivity contribution is 5.83. The van der Waals surface area contributed by atoms with Gasteiger partial charge in [-0.25, -0.2) is 0 Å². The maximum atomic E-state index is 12.3. The number of hydrogen-bond acceptors (Lipinski definition) is 1. The molecular weight excluding hydrogens is 282 g/mol. The number of hydrogen-bond donors (Lipinski definition) is 1. The molecule has 0 spiro atoms. The van der Waals surface area contributed by atoms with Gasteiger partial charge in [0.2, 0.25) is 5.91 Å². The van der Waals surface area contributed by atoms with E-state index in [-0.39, 0.29) is 11.8 Å². The van der Waals surface area contributed by atoms with Crippen molar-refractivity contribution in [2.75, 3.05) is 6.54 Å². The van der Waals surface area contributed by atoms with Crippen LogP contribution in [0.15, 0.2) is 30.3 Å². The zero-order valence-electron chi connectivity index (χ0n) is 15.2. The van der Waals surface area contributed by atoms with Gasteiger partial charge in [0, 0.05) is 6.54 Å². The van der Waals surface area contributed by atoms with E-state index >= 15 is 0 Å². The summed E-state index contributed by atoms with van der Waals surface area (Å²) in [5.74, 6) is 0.174. The predicted molar refractivity (Wildman–Crippen MR) is 99.7 cm³/mol. The molecule has 2 heteroatoms. The molecule has 1 atom stereocenters. The fourth-order valence-electron chi connectivity index (χ4n) is 3.03. The average Bonchev–Trinajstić information content (AvgIpc) is 2.58. The van der Waals surface area contributed by atoms with Crippen LogP contribution < -0.4 is 5.32 Å². The van der Waals surface area contributed by atoms with E-state index < -0.39 is 0 Å². The first-order valence-electron chi connectivity index (χ1n) is 9.62. The first-order valence-corrected chi connectivity index (χ1v) is 9.62. The van der Waals surface area contributed by atoms with E-state index in [4.69, 9.17) is 0 Å². The van der Waals surface area contributed by atoms with Crippen molar-refractivity contribution < 1.29 is 4.79 Å². The van der Waals surface area contributed by atoms with Crippen LogP contribution in [0.2, 0.25) is 0 Å². The molecule has 1 aromatic carbocycles. The van der Waals surface area contributed by atoms with Gasteiger partial charge < -0.3 is 5.32 Å². The molecule has 0 bridgehead atoms. The van der Waals surface area contributed by atoms with E-state index in [1.165, 1.54) is 51.4 Å². The Balaban J connectivity index is 2.07. The molecule has 0 aliphatic carbocycles. The van der Waals surface area contributed by atoms with E-state index in [2.05, 4.69) is 19.2 Å². The fraction of sp³-hybridized carbons (Fsp3) is 0.667. The molecular formula is C21H35NO. The van der Waals surface area contributed by atoms with Gasteiger partial charge in [-0.2, -0.15) is 0 Å². The van der Waals surface area contributed by atoms with Gasteiger partial charge in [0.1, 0.15) is 0 Å². The third-order valence-electron chi connectivity index (χ3n) is 4.51. The summed E-state index contributed by atoms with van der Waals surface area (Å²) in [6.07, 6.45) is 12.7. The van der Waals surface area contributed by atoms with Gasteiger partial charge in [-0.15, -0.1) is 0 Å². The van der Waals surface area contributed by atoms with Crippen LogP contribution in [0, 0.1) is 0 Å². The van der Waals surface area contributed by atoms with Crippen molar-refractivity contribution in [2.45, 2.75) is 84.0 Å². The summed E-state index contributed by atoms with van der Waals surface area (Å²) in [6, 6.07) is 10.1. The second kappa shape index (κ2) is 13.2. The van der Waals surface area contributed by atoms with E-state index in [1.54, 1.807) is 0 Å². The minimum absolute atomic E-state index is 0.00485. The summed E-state index contributed by atoms with van der Waals surface area (Å²) < 4.78 is 0. The predicted octanol–water partition coefficient (Wildman–Crippen LogP) is 5.83. The maximum absolute atomic E-state index is 12.3. The summed E-state index contributed by atoms with van der Waals surface area (Å²) in [4.78, 5) is 12.3. The maximum Gasteiger partial charge on any atom is 0.227 e. The van der Waals surface area contributed by atoms with Gasteiger partial charge in [-0.3, -0.25) is 4.79 Å². The highest BCUT2D eigenvalue weighted by Crippen LogP contribution is 2.19. The van der Waals surface area contributed by atoms with Crippen LogP contribution in [0.5, 0.6) is 0 Å². The summed E-state index contributed by atoms with van der Waals surface area (Å²) in [5.41, 5.74) is 1.12. The van der Waals surface area contributed by atoms with Crippen LogP contribution in [-0.2, 0) is 4.79 Å². The Kier molecular flexibility index (Phi) is 11.3. The number of carbonyl (C=O) groups is 1. The van der Waals surface area contributed by atoms with Gasteiger partial charge in [0.25, 0.3) is 0 Å². The van der Waals surface area contributed by atoms with Gasteiger partial charge in [0.05, 0.1) is 5.92 Å². The molecule has 0 heterocycles. The fourth-order valence-corrected chi connectivity index (χ4v) is 3.03. The van der Waals surface area contributed by atoms with Crippen molar-refractivity contribution in [3.05, 3.63) is 35.9 Å². The lowest BCUT2D eigenvalue weighted by Crippen LogP contribution is -2.29. The SMILES string of the molecule is CCCCCCCCCCCNC(=O)[C@@H](CC)c1ccccc1. The molecule has 1 aromatic rings. The minimum atomic E-state index is -0.00485. The van der Waals surface area contributed by atoms with E-state index in [0.717, 1.165) is 24.9 Å². The quantitative estimate of drug-likeness (QED) is 0.456. The number of benzene rings is 1. The van der Waals surface area contributed by atoms with Crippen molar-refractivity contribution in [1.29, 1.82) is 0 Å². The monoisotopic (exact) mass is 317 g/mol. The van der Waals surface area contributed by atoms with Crippen LogP contribution in [-0.4, -0.2) is 12.5 Å². The summed E-state index contributed by atoms with van der Waals surface area (Å²) in [6.45, 7) is 5.16. The molecule has 0 fully saturated rings. The molecule has 0 saturated carbocycles. The van der Waals surface area contributed by atoms with Crippen LogP contribution in [0.1, 0.15) is 89.5 Å². The molecule has 1 rings (SSSR count).